The van der Waals surface area contributed by atoms with E-state index in [-0.39, 0.29) is 40.9 Å². The second kappa shape index (κ2) is 11.4. The Bertz CT molecular complexity index is 1290. The molecule has 0 heterocycles. The smallest absolute Gasteiger partial charge is 0.310 e. The van der Waals surface area contributed by atoms with E-state index >= 15 is 0 Å². The third-order valence-corrected chi connectivity index (χ3v) is 7.01. The molecule has 0 aliphatic rings. The fraction of sp³-hybridized carbons (Fsp3) is 0.208. The summed E-state index contributed by atoms with van der Waals surface area (Å²) in [6.07, 6.45) is 0. The molecule has 0 saturated carbocycles. The number of amides is 1. The summed E-state index contributed by atoms with van der Waals surface area (Å²) in [6, 6.07) is 18.6. The molecule has 0 unspecified atom stereocenters. The molecular formula is C24H25N3O7S. The highest BCUT2D eigenvalue weighted by molar-refractivity contribution is 7.89. The van der Waals surface area contributed by atoms with Gasteiger partial charge in [0.2, 0.25) is 10.0 Å². The monoisotopic (exact) mass is 499 g/mol. The summed E-state index contributed by atoms with van der Waals surface area (Å²) in [5, 5.41) is 13.8. The lowest BCUT2D eigenvalue weighted by atomic mass is 10.2. The van der Waals surface area contributed by atoms with Crippen LogP contribution < -0.4 is 14.8 Å². The minimum absolute atomic E-state index is 0.0171. The van der Waals surface area contributed by atoms with Crippen molar-refractivity contribution >= 4 is 27.3 Å². The van der Waals surface area contributed by atoms with Crippen molar-refractivity contribution in [1.82, 2.24) is 4.31 Å². The van der Waals surface area contributed by atoms with Crippen LogP contribution in [0.5, 0.6) is 17.2 Å². The zero-order valence-electron chi connectivity index (χ0n) is 19.2. The van der Waals surface area contributed by atoms with Gasteiger partial charge < -0.3 is 14.8 Å². The number of para-hydroxylation sites is 3. The molecular weight excluding hydrogens is 474 g/mol. The molecule has 10 nitrogen and oxygen atoms in total. The van der Waals surface area contributed by atoms with E-state index in [9.17, 15) is 23.3 Å². The minimum atomic E-state index is -3.80. The molecule has 3 rings (SSSR count). The van der Waals surface area contributed by atoms with Crippen LogP contribution in [0.25, 0.3) is 0 Å². The zero-order valence-corrected chi connectivity index (χ0v) is 20.0. The molecule has 0 aromatic heterocycles. The lowest BCUT2D eigenvalue weighted by Gasteiger charge is -2.20. The van der Waals surface area contributed by atoms with Crippen LogP contribution in [-0.4, -0.2) is 43.2 Å². The van der Waals surface area contributed by atoms with Crippen LogP contribution in [-0.2, 0) is 14.8 Å². The fourth-order valence-electron chi connectivity index (χ4n) is 3.24. The molecule has 0 bridgehead atoms. The summed E-state index contributed by atoms with van der Waals surface area (Å²) in [5.41, 5.74) is -0.168. The number of nitrogens with one attached hydrogen (secondary N) is 1. The van der Waals surface area contributed by atoms with Gasteiger partial charge in [-0.3, -0.25) is 14.9 Å². The Hall–Kier alpha value is -3.96. The van der Waals surface area contributed by atoms with Gasteiger partial charge in [-0.2, -0.15) is 4.31 Å². The Morgan fingerprint density at radius 2 is 1.63 bits per heavy atom. The van der Waals surface area contributed by atoms with Crippen LogP contribution in [0.4, 0.5) is 11.4 Å². The van der Waals surface area contributed by atoms with Crippen molar-refractivity contribution in [3.05, 3.63) is 82.9 Å². The Morgan fingerprint density at radius 1 is 0.971 bits per heavy atom. The maximum absolute atomic E-state index is 13.0. The van der Waals surface area contributed by atoms with Gasteiger partial charge in [0.25, 0.3) is 5.91 Å². The standard InChI is InChI=1S/C24H25N3O7S/c1-3-26(4-2)35(31,32)19-14-15-22(34-18-10-6-5-7-11-18)20(16-19)25-24(28)17-33-23-13-9-8-12-21(23)27(29)30/h5-16H,3-4,17H2,1-2H3,(H,25,28). The number of nitro benzene ring substituents is 1. The van der Waals surface area contributed by atoms with Crippen LogP contribution in [0.2, 0.25) is 0 Å². The number of carbonyl (C=O) groups is 1. The average molecular weight is 500 g/mol. The van der Waals surface area contributed by atoms with E-state index in [4.69, 9.17) is 9.47 Å². The first kappa shape index (κ1) is 25.7. The van der Waals surface area contributed by atoms with Crippen molar-refractivity contribution in [2.24, 2.45) is 0 Å². The molecule has 0 fully saturated rings. The predicted octanol–water partition coefficient (Wildman–Crippen LogP) is 4.44. The second-order valence-electron chi connectivity index (χ2n) is 7.22. The number of rotatable bonds is 11. The molecule has 3 aromatic carbocycles. The maximum atomic E-state index is 13.0. The molecule has 184 valence electrons. The van der Waals surface area contributed by atoms with E-state index in [1.54, 1.807) is 44.2 Å². The molecule has 0 saturated heterocycles. The van der Waals surface area contributed by atoms with Gasteiger partial charge >= 0.3 is 5.69 Å². The highest BCUT2D eigenvalue weighted by Crippen LogP contribution is 2.33. The van der Waals surface area contributed by atoms with Crippen molar-refractivity contribution < 1.29 is 27.6 Å². The van der Waals surface area contributed by atoms with Crippen molar-refractivity contribution in [3.63, 3.8) is 0 Å². The van der Waals surface area contributed by atoms with Gasteiger partial charge in [0, 0.05) is 19.2 Å². The summed E-state index contributed by atoms with van der Waals surface area (Å²) in [5.74, 6) is -0.0167. The van der Waals surface area contributed by atoms with Crippen LogP contribution in [0, 0.1) is 10.1 Å². The average Bonchev–Trinajstić information content (AvgIpc) is 2.85. The van der Waals surface area contributed by atoms with Crippen LogP contribution in [0.3, 0.4) is 0 Å². The van der Waals surface area contributed by atoms with Crippen molar-refractivity contribution in [1.29, 1.82) is 0 Å². The molecule has 0 aliphatic carbocycles. The number of anilines is 1. The van der Waals surface area contributed by atoms with Crippen molar-refractivity contribution in [3.8, 4) is 17.2 Å². The molecule has 35 heavy (non-hydrogen) atoms. The number of ether oxygens (including phenoxy) is 2. The Kier molecular flexibility index (Phi) is 8.39. The molecule has 0 aliphatic heterocycles. The first-order valence-electron chi connectivity index (χ1n) is 10.8. The van der Waals surface area contributed by atoms with E-state index in [0.29, 0.717) is 5.75 Å². The number of hydrogen-bond acceptors (Lipinski definition) is 7. The summed E-state index contributed by atoms with van der Waals surface area (Å²) >= 11 is 0. The number of carbonyl (C=O) groups excluding carboxylic acids is 1. The van der Waals surface area contributed by atoms with E-state index in [2.05, 4.69) is 5.32 Å². The van der Waals surface area contributed by atoms with Crippen molar-refractivity contribution in [2.45, 2.75) is 18.7 Å². The lowest BCUT2D eigenvalue weighted by molar-refractivity contribution is -0.385. The van der Waals surface area contributed by atoms with Gasteiger partial charge in [-0.05, 0) is 36.4 Å². The molecule has 1 amide bonds. The number of benzene rings is 3. The largest absolute Gasteiger partial charge is 0.477 e. The summed E-state index contributed by atoms with van der Waals surface area (Å²) in [4.78, 5) is 23.2. The van der Waals surface area contributed by atoms with Gasteiger partial charge in [-0.25, -0.2) is 8.42 Å². The number of hydrogen-bond donors (Lipinski definition) is 1. The lowest BCUT2D eigenvalue weighted by Crippen LogP contribution is -2.30. The Labute approximate surface area is 203 Å². The summed E-state index contributed by atoms with van der Waals surface area (Å²) < 4.78 is 38.5. The molecule has 1 N–H and O–H groups in total. The van der Waals surface area contributed by atoms with Gasteiger partial charge in [-0.1, -0.05) is 44.2 Å². The topological polar surface area (TPSA) is 128 Å². The highest BCUT2D eigenvalue weighted by atomic mass is 32.2. The Balaban J connectivity index is 1.88. The van der Waals surface area contributed by atoms with Gasteiger partial charge in [0.05, 0.1) is 15.5 Å². The van der Waals surface area contributed by atoms with Crippen LogP contribution in [0.15, 0.2) is 77.7 Å². The third kappa shape index (κ3) is 6.34. The van der Waals surface area contributed by atoms with Gasteiger partial charge in [-0.15, -0.1) is 0 Å². The summed E-state index contributed by atoms with van der Waals surface area (Å²) in [6.45, 7) is 3.50. The zero-order chi connectivity index (χ0) is 25.4. The SMILES string of the molecule is CCN(CC)S(=O)(=O)c1ccc(Oc2ccccc2)c(NC(=O)COc2ccccc2[N+](=O)[O-])c1. The molecule has 0 radical (unpaired) electrons. The van der Waals surface area contributed by atoms with E-state index < -0.39 is 27.5 Å². The number of nitrogens with zero attached hydrogens (tertiary/aromatic N) is 2. The molecule has 0 spiro atoms. The minimum Gasteiger partial charge on any atom is -0.477 e. The molecule has 0 atom stereocenters. The highest BCUT2D eigenvalue weighted by Gasteiger charge is 2.24. The van der Waals surface area contributed by atoms with Crippen LogP contribution >= 0.6 is 0 Å². The van der Waals surface area contributed by atoms with Gasteiger partial charge in [0.1, 0.15) is 5.75 Å². The third-order valence-electron chi connectivity index (χ3n) is 4.96. The molecule has 3 aromatic rings. The summed E-state index contributed by atoms with van der Waals surface area (Å²) in [7, 11) is -3.80. The number of nitro groups is 1. The first-order valence-corrected chi connectivity index (χ1v) is 12.2. The maximum Gasteiger partial charge on any atom is 0.310 e. The Morgan fingerprint density at radius 3 is 2.29 bits per heavy atom. The normalized spacial score (nSPS) is 11.2. The van der Waals surface area contributed by atoms with E-state index in [1.165, 1.54) is 40.7 Å². The van der Waals surface area contributed by atoms with Crippen molar-refractivity contribution in [2.75, 3.05) is 25.0 Å². The second-order valence-corrected chi connectivity index (χ2v) is 9.16. The molecule has 11 heteroatoms. The first-order chi connectivity index (χ1) is 16.8. The number of sulfonamides is 1. The fourth-order valence-corrected chi connectivity index (χ4v) is 4.73. The van der Waals surface area contributed by atoms with E-state index in [0.717, 1.165) is 0 Å². The van der Waals surface area contributed by atoms with Gasteiger partial charge in [0.15, 0.2) is 18.1 Å². The quantitative estimate of drug-likeness (QED) is 0.305. The predicted molar refractivity (Wildman–Crippen MR) is 130 cm³/mol. The van der Waals surface area contributed by atoms with E-state index in [1.807, 2.05) is 6.07 Å². The van der Waals surface area contributed by atoms with Crippen LogP contribution in [0.1, 0.15) is 13.8 Å².